The Kier molecular flexibility index (Phi) is 25.8. The minimum atomic E-state index is -2.44. The molecule has 0 aliphatic heterocycles. The van der Waals surface area contributed by atoms with Crippen LogP contribution in [0.25, 0.3) is 0 Å². The van der Waals surface area contributed by atoms with E-state index in [1.54, 1.807) is 0 Å². The second kappa shape index (κ2) is 17.1. The van der Waals surface area contributed by atoms with E-state index in [2.05, 4.69) is 0 Å². The van der Waals surface area contributed by atoms with Gasteiger partial charge in [0.25, 0.3) is 0 Å². The van der Waals surface area contributed by atoms with Crippen LogP contribution in [0.1, 0.15) is 0 Å². The van der Waals surface area contributed by atoms with Crippen LogP contribution in [0.15, 0.2) is 0 Å². The Balaban J connectivity index is -0.0000000831. The van der Waals surface area contributed by atoms with Crippen LogP contribution in [0.4, 0.5) is 0 Å². The fourth-order valence-corrected chi connectivity index (χ4v) is 0.522. The third-order valence-electron chi connectivity index (χ3n) is 1.58. The first-order valence-electron chi connectivity index (χ1n) is 4.51. The molecule has 0 saturated carbocycles. The summed E-state index contributed by atoms with van der Waals surface area (Å²) >= 11 is 0. The van der Waals surface area contributed by atoms with Crippen LogP contribution in [0, 0.1) is 0 Å². The van der Waals surface area contributed by atoms with Crippen molar-refractivity contribution in [2.75, 3.05) is 0 Å². The summed E-state index contributed by atoms with van der Waals surface area (Å²) in [5.74, 6) is -7.94. The minimum absolute atomic E-state index is 0. The molecular weight excluding hydrogens is 364 g/mol. The van der Waals surface area contributed by atoms with Crippen molar-refractivity contribution in [1.82, 2.24) is 6.15 Å². The second-order valence-electron chi connectivity index (χ2n) is 3.07. The van der Waals surface area contributed by atoms with Gasteiger partial charge in [-0.2, -0.15) is 0 Å². The van der Waals surface area contributed by atoms with Crippen molar-refractivity contribution >= 4 is 23.9 Å². The maximum Gasteiger partial charge on any atom is 1.00 e. The Morgan fingerprint density at radius 1 is 0.652 bits per heavy atom. The van der Waals surface area contributed by atoms with Gasteiger partial charge in [-0.25, -0.2) is 4.79 Å². The van der Waals surface area contributed by atoms with Crippen LogP contribution in [0.3, 0.4) is 0 Å². The molecule has 0 aromatic heterocycles. The van der Waals surface area contributed by atoms with Gasteiger partial charge in [0.1, 0.15) is 18.3 Å². The maximum absolute atomic E-state index is 9.74. The van der Waals surface area contributed by atoms with Crippen molar-refractivity contribution in [2.45, 2.75) is 24.4 Å². The number of aliphatic hydroxyl groups excluding tert-OH is 4. The summed E-state index contributed by atoms with van der Waals surface area (Å²) in [6, 6.07) is 0. The summed E-state index contributed by atoms with van der Waals surface area (Å²) in [6.07, 6.45) is -9.59. The molecule has 4 atom stereocenters. The third kappa shape index (κ3) is 15.6. The summed E-state index contributed by atoms with van der Waals surface area (Å²) in [5.41, 5.74) is 0. The van der Waals surface area contributed by atoms with Crippen molar-refractivity contribution in [1.29, 1.82) is 0 Å². The number of hydrogen-bond acceptors (Lipinski definition) is 11. The van der Waals surface area contributed by atoms with Gasteiger partial charge in [0.15, 0.2) is 6.10 Å². The molecule has 0 fully saturated rings. The molecule has 0 spiro atoms. The Bertz CT molecular complexity index is 321. The zero-order chi connectivity index (χ0) is 16.6. The normalized spacial score (nSPS) is 13.7. The number of quaternary nitrogens is 1. The molecule has 9 N–H and O–H groups in total. The van der Waals surface area contributed by atoms with Crippen LogP contribution in [-0.4, -0.2) is 73.8 Å². The number of aliphatic carboxylic acids is 4. The van der Waals surface area contributed by atoms with Crippen molar-refractivity contribution in [2.24, 2.45) is 0 Å². The van der Waals surface area contributed by atoms with Crippen LogP contribution < -0.4 is 102 Å². The van der Waals surface area contributed by atoms with Crippen molar-refractivity contribution in [3.63, 3.8) is 0 Å². The fraction of sp³-hybridized carbons (Fsp3) is 0.500. The monoisotopic (exact) mass is 377 g/mol. The molecule has 0 aromatic carbocycles. The molecule has 0 aromatic rings. The molecule has 124 valence electrons. The van der Waals surface area contributed by atoms with Gasteiger partial charge in [-0.15, -0.1) is 0 Å². The number of carboxylic acids is 4. The number of carbonyl (C=O) groups excluding carboxylic acids is 3. The van der Waals surface area contributed by atoms with E-state index in [-0.39, 0.29) is 87.1 Å². The Morgan fingerprint density at radius 2 is 0.826 bits per heavy atom. The average Bonchev–Trinajstić information content (AvgIpc) is 2.35. The van der Waals surface area contributed by atoms with Gasteiger partial charge in [-0.3, -0.25) is 0 Å². The third-order valence-corrected chi connectivity index (χ3v) is 1.58. The van der Waals surface area contributed by atoms with E-state index in [0.29, 0.717) is 0 Å². The second-order valence-corrected chi connectivity index (χ2v) is 3.07. The van der Waals surface area contributed by atoms with E-state index in [4.69, 9.17) is 25.5 Å². The number of carbonyl (C=O) groups is 4. The van der Waals surface area contributed by atoms with Crippen LogP contribution >= 0.6 is 0 Å². The van der Waals surface area contributed by atoms with Gasteiger partial charge in [0, 0.05) is 0 Å². The maximum atomic E-state index is 9.74. The molecule has 0 radical (unpaired) electrons. The van der Waals surface area contributed by atoms with Gasteiger partial charge in [-0.05, 0) is 0 Å². The predicted molar refractivity (Wildman–Crippen MR) is 52.7 cm³/mol. The number of rotatable bonds is 6. The Morgan fingerprint density at radius 3 is 0.913 bits per heavy atom. The molecule has 4 unspecified atom stereocenters. The molecule has 0 amide bonds. The van der Waals surface area contributed by atoms with Crippen LogP contribution in [0.2, 0.25) is 0 Å². The first-order valence-corrected chi connectivity index (χ1v) is 4.51. The predicted octanol–water partition coefficient (Wildman–Crippen LogP) is -13.9. The Hall–Kier alpha value is 0.316. The van der Waals surface area contributed by atoms with E-state index < -0.39 is 48.3 Å². The fourth-order valence-electron chi connectivity index (χ4n) is 0.522. The van der Waals surface area contributed by atoms with Crippen molar-refractivity contribution < 1.29 is 141 Å². The summed E-state index contributed by atoms with van der Waals surface area (Å²) in [5, 5.41) is 69.9. The van der Waals surface area contributed by atoms with Gasteiger partial charge in [0.05, 0.1) is 17.9 Å². The molecule has 0 bridgehead atoms. The standard InChI is InChI=1S/2C4H6O6.K.H3N.Na/c2*5-1(3(7)8)2(6)4(9)10;;;/h2*1-2,5-6H,(H,7,8)(H,9,10);;1H3;/q;;+1;;+1/p-2. The first-order chi connectivity index (χ1) is 8.93. The van der Waals surface area contributed by atoms with E-state index in [1.165, 1.54) is 0 Å². The van der Waals surface area contributed by atoms with Gasteiger partial charge in [0.2, 0.25) is 0 Å². The molecule has 15 heteroatoms. The number of carboxylic acid groups (broad SMARTS) is 4. The van der Waals surface area contributed by atoms with Crippen LogP contribution in [0.5, 0.6) is 0 Å². The van der Waals surface area contributed by atoms with E-state index in [9.17, 15) is 34.5 Å². The van der Waals surface area contributed by atoms with Crippen molar-refractivity contribution in [3.05, 3.63) is 0 Å². The van der Waals surface area contributed by atoms with E-state index in [1.807, 2.05) is 0 Å². The summed E-state index contributed by atoms with van der Waals surface area (Å²) in [6.45, 7) is 0. The SMILES string of the molecule is O=C([O-])C(O)C(O)C(=O)O.O=C([O-])C(O)C(O)C(=O)[O-].[K+].[NH4+].[Na+]. The first kappa shape index (κ1) is 34.6. The van der Waals surface area contributed by atoms with E-state index >= 15 is 0 Å². The zero-order valence-electron chi connectivity index (χ0n) is 12.4. The summed E-state index contributed by atoms with van der Waals surface area (Å²) < 4.78 is 0. The quantitative estimate of drug-likeness (QED) is 0.235. The number of hydrogen-bond donors (Lipinski definition) is 6. The molecular formula is C8H13KNNaO12. The smallest absolute Gasteiger partial charge is 0.547 e. The topological polar surface area (TPSA) is 275 Å². The minimum Gasteiger partial charge on any atom is -0.547 e. The zero-order valence-corrected chi connectivity index (χ0v) is 17.5. The van der Waals surface area contributed by atoms with Crippen LogP contribution in [-0.2, 0) is 19.2 Å². The molecule has 0 rings (SSSR count). The number of aliphatic hydroxyl groups is 4. The summed E-state index contributed by atoms with van der Waals surface area (Å²) in [7, 11) is 0. The summed E-state index contributed by atoms with van der Waals surface area (Å²) in [4.78, 5) is 38.7. The molecule has 0 aliphatic rings. The molecule has 0 aliphatic carbocycles. The molecule has 13 nitrogen and oxygen atoms in total. The molecule has 0 heterocycles. The van der Waals surface area contributed by atoms with E-state index in [0.717, 1.165) is 0 Å². The Labute approximate surface area is 193 Å². The molecule has 23 heavy (non-hydrogen) atoms. The van der Waals surface area contributed by atoms with Gasteiger partial charge in [-0.1, -0.05) is 0 Å². The molecule has 0 saturated heterocycles. The van der Waals surface area contributed by atoms with Gasteiger partial charge < -0.3 is 61.4 Å². The largest absolute Gasteiger partial charge is 1.00 e. The van der Waals surface area contributed by atoms with Gasteiger partial charge >= 0.3 is 86.9 Å². The average molecular weight is 377 g/mol. The van der Waals surface area contributed by atoms with Crippen molar-refractivity contribution in [3.8, 4) is 0 Å².